The maximum atomic E-state index is 9.77. The van der Waals surface area contributed by atoms with Gasteiger partial charge in [0.25, 0.3) is 0 Å². The Labute approximate surface area is 221 Å². The lowest BCUT2D eigenvalue weighted by molar-refractivity contribution is -0.910. The van der Waals surface area contributed by atoms with Crippen molar-refractivity contribution in [2.75, 3.05) is 26.7 Å². The van der Waals surface area contributed by atoms with E-state index in [0.29, 0.717) is 0 Å². The van der Waals surface area contributed by atoms with Crippen LogP contribution >= 0.6 is 0 Å². The minimum absolute atomic E-state index is 1.36. The average molecular weight is 519 g/mol. The largest absolute Gasteiger partial charge is 0.479 e. The summed E-state index contributed by atoms with van der Waals surface area (Å²) in [5, 5.41) is 32.5. The molecule has 0 saturated carbocycles. The molecule has 0 aromatic carbocycles. The number of quaternary nitrogens is 1. The number of aliphatic hydroxyl groups excluding tert-OH is 2. The van der Waals surface area contributed by atoms with Crippen LogP contribution in [0.1, 0.15) is 136 Å². The summed E-state index contributed by atoms with van der Waals surface area (Å²) in [5.74, 6) is -3.54. The molecular weight excluding hydrogens is 458 g/mol. The van der Waals surface area contributed by atoms with Gasteiger partial charge in [0.05, 0.1) is 26.7 Å². The molecule has 0 fully saturated rings. The molecule has 0 aliphatic rings. The summed E-state index contributed by atoms with van der Waals surface area (Å²) < 4.78 is 1.36. The van der Waals surface area contributed by atoms with Crippen LogP contribution in [0.3, 0.4) is 0 Å². The number of carbonyl (C=O) groups is 2. The molecule has 0 aliphatic carbocycles. The summed E-state index contributed by atoms with van der Waals surface area (Å²) in [5.41, 5.74) is 0. The van der Waals surface area contributed by atoms with Crippen molar-refractivity contribution < 1.29 is 34.5 Å². The van der Waals surface area contributed by atoms with Crippen LogP contribution in [0, 0.1) is 0 Å². The maximum absolute atomic E-state index is 9.77. The number of nitrogens with zero attached hydrogens (tertiary/aromatic N) is 1. The Morgan fingerprint density at radius 1 is 0.500 bits per heavy atom. The fourth-order valence-corrected chi connectivity index (χ4v) is 4.43. The average Bonchev–Trinajstić information content (AvgIpc) is 2.85. The Balaban J connectivity index is 0. The molecule has 216 valence electrons. The van der Waals surface area contributed by atoms with Crippen LogP contribution in [0.2, 0.25) is 0 Å². The van der Waals surface area contributed by atoms with E-state index in [0.717, 1.165) is 0 Å². The third kappa shape index (κ3) is 23.2. The van der Waals surface area contributed by atoms with Crippen LogP contribution in [0.15, 0.2) is 0 Å². The van der Waals surface area contributed by atoms with Gasteiger partial charge in [-0.25, -0.2) is 9.59 Å². The van der Waals surface area contributed by atoms with E-state index < -0.39 is 24.1 Å². The summed E-state index contributed by atoms with van der Waals surface area (Å²) in [6.45, 7) is 11.2. The van der Waals surface area contributed by atoms with Crippen LogP contribution in [0.4, 0.5) is 0 Å². The zero-order chi connectivity index (χ0) is 27.7. The highest BCUT2D eigenvalue weighted by atomic mass is 16.4. The highest BCUT2D eigenvalue weighted by Crippen LogP contribution is 2.16. The van der Waals surface area contributed by atoms with E-state index in [-0.39, 0.29) is 0 Å². The van der Waals surface area contributed by atoms with Crippen LogP contribution in [0.5, 0.6) is 0 Å². The summed E-state index contributed by atoms with van der Waals surface area (Å²) >= 11 is 0. The lowest BCUT2D eigenvalue weighted by atomic mass is 10.1. The van der Waals surface area contributed by atoms with Crippen LogP contribution in [-0.4, -0.2) is 75.7 Å². The number of aliphatic hydroxyl groups is 2. The quantitative estimate of drug-likeness (QED) is 0.0869. The summed E-state index contributed by atoms with van der Waals surface area (Å²) in [6.07, 6.45) is 21.3. The third-order valence-electron chi connectivity index (χ3n) is 6.96. The molecule has 0 spiro atoms. The molecule has 0 aromatic rings. The first-order chi connectivity index (χ1) is 17.1. The van der Waals surface area contributed by atoms with Crippen LogP contribution in [0.25, 0.3) is 0 Å². The van der Waals surface area contributed by atoms with Crippen molar-refractivity contribution in [1.82, 2.24) is 0 Å². The number of unbranched alkanes of at least 4 members (excludes halogenated alkanes) is 15. The Hall–Kier alpha value is -1.18. The number of aliphatic carboxylic acids is 2. The molecule has 0 rings (SSSR count). The molecule has 0 bridgehead atoms. The van der Waals surface area contributed by atoms with Crippen molar-refractivity contribution in [2.24, 2.45) is 0 Å². The summed E-state index contributed by atoms with van der Waals surface area (Å²) in [6, 6.07) is 0. The molecule has 0 aliphatic heterocycles. The van der Waals surface area contributed by atoms with Crippen LogP contribution in [-0.2, 0) is 9.59 Å². The van der Waals surface area contributed by atoms with Gasteiger partial charge in [-0.1, -0.05) is 97.8 Å². The normalized spacial score (nSPS) is 13.1. The Bertz CT molecular complexity index is 455. The SMILES string of the molecule is CCCCCCCC[N+](C)(CCCCCCCC)CCCCCCCC.O=C(O)C(O)C(O)C(=O)O. The molecule has 7 nitrogen and oxygen atoms in total. The lowest BCUT2D eigenvalue weighted by Gasteiger charge is -2.35. The topological polar surface area (TPSA) is 115 Å². The first-order valence-corrected chi connectivity index (χ1v) is 14.8. The van der Waals surface area contributed by atoms with Crippen molar-refractivity contribution in [1.29, 1.82) is 0 Å². The second kappa shape index (κ2) is 25.5. The summed E-state index contributed by atoms with van der Waals surface area (Å²) in [7, 11) is 2.56. The number of carboxylic acids is 2. The van der Waals surface area contributed by atoms with Crippen molar-refractivity contribution in [2.45, 2.75) is 149 Å². The lowest BCUT2D eigenvalue weighted by Crippen LogP contribution is -2.46. The zero-order valence-electron chi connectivity index (χ0n) is 24.1. The number of carboxylic acid groups (broad SMARTS) is 2. The predicted octanol–water partition coefficient (Wildman–Crippen LogP) is 6.39. The van der Waals surface area contributed by atoms with E-state index in [1.165, 1.54) is 140 Å². The molecule has 2 atom stereocenters. The Morgan fingerprint density at radius 2 is 0.722 bits per heavy atom. The standard InChI is InChI=1S/C25H54N.C4H6O6/c1-5-8-11-14-17-20-23-26(4,24-21-18-15-12-9-6-2)25-22-19-16-13-10-7-3;5-1(3(7)8)2(6)4(9)10/h5-25H2,1-4H3;1-2,5-6H,(H,7,8)(H,9,10)/q+1;. The van der Waals surface area contributed by atoms with Crippen LogP contribution < -0.4 is 0 Å². The number of hydrogen-bond acceptors (Lipinski definition) is 4. The smallest absolute Gasteiger partial charge is 0.335 e. The molecule has 36 heavy (non-hydrogen) atoms. The number of rotatable bonds is 24. The molecular formula is C29H60NO6+. The van der Waals surface area contributed by atoms with Gasteiger partial charge in [0.15, 0.2) is 12.2 Å². The van der Waals surface area contributed by atoms with Gasteiger partial charge in [-0.05, 0) is 38.5 Å². The highest BCUT2D eigenvalue weighted by molar-refractivity contribution is 5.83. The van der Waals surface area contributed by atoms with Gasteiger partial charge in [-0.3, -0.25) is 0 Å². The molecule has 0 heterocycles. The van der Waals surface area contributed by atoms with E-state index in [9.17, 15) is 9.59 Å². The van der Waals surface area contributed by atoms with Gasteiger partial charge in [-0.2, -0.15) is 0 Å². The number of hydrogen-bond donors (Lipinski definition) is 4. The minimum Gasteiger partial charge on any atom is -0.479 e. The Kier molecular flexibility index (Phi) is 26.2. The van der Waals surface area contributed by atoms with E-state index in [2.05, 4.69) is 27.8 Å². The van der Waals surface area contributed by atoms with E-state index in [1.807, 2.05) is 0 Å². The third-order valence-corrected chi connectivity index (χ3v) is 6.96. The summed E-state index contributed by atoms with van der Waals surface area (Å²) in [4.78, 5) is 19.5. The maximum Gasteiger partial charge on any atom is 0.335 e. The van der Waals surface area contributed by atoms with E-state index >= 15 is 0 Å². The minimum atomic E-state index is -2.27. The van der Waals surface area contributed by atoms with E-state index in [4.69, 9.17) is 20.4 Å². The van der Waals surface area contributed by atoms with Crippen molar-refractivity contribution in [3.05, 3.63) is 0 Å². The van der Waals surface area contributed by atoms with Gasteiger partial charge in [0.1, 0.15) is 0 Å². The molecule has 4 N–H and O–H groups in total. The molecule has 0 amide bonds. The van der Waals surface area contributed by atoms with Crippen molar-refractivity contribution >= 4 is 11.9 Å². The second-order valence-corrected chi connectivity index (χ2v) is 10.7. The molecule has 0 radical (unpaired) electrons. The van der Waals surface area contributed by atoms with Gasteiger partial charge in [0, 0.05) is 0 Å². The van der Waals surface area contributed by atoms with Crippen molar-refractivity contribution in [3.63, 3.8) is 0 Å². The second-order valence-electron chi connectivity index (χ2n) is 10.7. The molecule has 0 saturated heterocycles. The fourth-order valence-electron chi connectivity index (χ4n) is 4.43. The predicted molar refractivity (Wildman–Crippen MR) is 148 cm³/mol. The van der Waals surface area contributed by atoms with Crippen molar-refractivity contribution in [3.8, 4) is 0 Å². The molecule has 0 aromatic heterocycles. The molecule has 7 heteroatoms. The first-order valence-electron chi connectivity index (χ1n) is 14.8. The van der Waals surface area contributed by atoms with Gasteiger partial charge in [0.2, 0.25) is 0 Å². The highest BCUT2D eigenvalue weighted by Gasteiger charge is 2.29. The van der Waals surface area contributed by atoms with Gasteiger partial charge >= 0.3 is 11.9 Å². The van der Waals surface area contributed by atoms with Gasteiger partial charge < -0.3 is 24.9 Å². The fraction of sp³-hybridized carbons (Fsp3) is 0.931. The zero-order valence-corrected chi connectivity index (χ0v) is 24.1. The Morgan fingerprint density at radius 3 is 0.944 bits per heavy atom. The molecule has 2 unspecified atom stereocenters. The van der Waals surface area contributed by atoms with E-state index in [1.54, 1.807) is 0 Å². The van der Waals surface area contributed by atoms with Gasteiger partial charge in [-0.15, -0.1) is 0 Å². The first kappa shape index (κ1) is 37.0. The monoisotopic (exact) mass is 518 g/mol.